The fourth-order valence-electron chi connectivity index (χ4n) is 2.75. The van der Waals surface area contributed by atoms with E-state index in [1.165, 1.54) is 4.90 Å². The molecular formula is C19H17NO3. The minimum Gasteiger partial charge on any atom is -0.439 e. The Labute approximate surface area is 135 Å². The van der Waals surface area contributed by atoms with E-state index in [0.717, 1.165) is 5.56 Å². The molecule has 1 fully saturated rings. The van der Waals surface area contributed by atoms with Crippen LogP contribution in [0.4, 0.5) is 4.79 Å². The normalized spacial score (nSPS) is 20.7. The summed E-state index contributed by atoms with van der Waals surface area (Å²) in [6, 6.07) is 17.8. The van der Waals surface area contributed by atoms with Crippen LogP contribution in [0.25, 0.3) is 0 Å². The molecule has 2 amide bonds. The van der Waals surface area contributed by atoms with Crippen molar-refractivity contribution >= 4 is 12.0 Å². The number of rotatable bonds is 3. The number of nitrogens with zero attached hydrogens (tertiary/aromatic N) is 1. The van der Waals surface area contributed by atoms with Crippen LogP contribution in [0, 0.1) is 0 Å². The fraction of sp³-hybridized carbons (Fsp3) is 0.158. The molecule has 23 heavy (non-hydrogen) atoms. The van der Waals surface area contributed by atoms with Crippen molar-refractivity contribution in [2.24, 2.45) is 0 Å². The highest BCUT2D eigenvalue weighted by atomic mass is 16.6. The maximum Gasteiger partial charge on any atom is 0.418 e. The number of cyclic esters (lactones) is 1. The first kappa shape index (κ1) is 15.0. The van der Waals surface area contributed by atoms with Crippen LogP contribution in [0.5, 0.6) is 0 Å². The standard InChI is InChI=1S/C19H17NO3/c1-2-9-16-17(14-10-5-3-6-11-14)20(19(22)23-16)18(21)15-12-7-4-8-13-15/h2-13,16-17H,1H3/b9-2+/t16-,17+/m1/s1. The average molecular weight is 307 g/mol. The largest absolute Gasteiger partial charge is 0.439 e. The third kappa shape index (κ3) is 2.88. The van der Waals surface area contributed by atoms with Crippen molar-refractivity contribution in [1.29, 1.82) is 0 Å². The van der Waals surface area contributed by atoms with E-state index in [1.807, 2.05) is 49.4 Å². The monoisotopic (exact) mass is 307 g/mol. The van der Waals surface area contributed by atoms with Gasteiger partial charge in [-0.15, -0.1) is 0 Å². The summed E-state index contributed by atoms with van der Waals surface area (Å²) in [6.45, 7) is 1.86. The molecule has 0 aromatic heterocycles. The lowest BCUT2D eigenvalue weighted by Crippen LogP contribution is -2.35. The van der Waals surface area contributed by atoms with Crippen molar-refractivity contribution in [2.45, 2.75) is 19.1 Å². The van der Waals surface area contributed by atoms with Gasteiger partial charge in [-0.1, -0.05) is 54.6 Å². The predicted molar refractivity (Wildman–Crippen MR) is 86.9 cm³/mol. The van der Waals surface area contributed by atoms with Gasteiger partial charge in [0.2, 0.25) is 0 Å². The Morgan fingerprint density at radius 1 is 1.04 bits per heavy atom. The Bertz CT molecular complexity index is 725. The summed E-state index contributed by atoms with van der Waals surface area (Å²) < 4.78 is 5.40. The van der Waals surface area contributed by atoms with E-state index < -0.39 is 18.2 Å². The molecule has 4 nitrogen and oxygen atoms in total. The van der Waals surface area contributed by atoms with Crippen molar-refractivity contribution < 1.29 is 14.3 Å². The second-order valence-corrected chi connectivity index (χ2v) is 5.27. The van der Waals surface area contributed by atoms with Gasteiger partial charge in [0.1, 0.15) is 12.1 Å². The number of imide groups is 1. The van der Waals surface area contributed by atoms with Gasteiger partial charge in [0, 0.05) is 5.56 Å². The summed E-state index contributed by atoms with van der Waals surface area (Å²) in [4.78, 5) is 26.3. The number of allylic oxidation sites excluding steroid dienone is 1. The number of amides is 2. The zero-order valence-corrected chi connectivity index (χ0v) is 12.8. The number of ether oxygens (including phenoxy) is 1. The van der Waals surface area contributed by atoms with Crippen LogP contribution in [-0.4, -0.2) is 23.0 Å². The van der Waals surface area contributed by atoms with Crippen LogP contribution in [0.3, 0.4) is 0 Å². The molecule has 2 aromatic carbocycles. The third-order valence-electron chi connectivity index (χ3n) is 3.79. The molecule has 0 spiro atoms. The predicted octanol–water partition coefficient (Wildman–Crippen LogP) is 3.97. The van der Waals surface area contributed by atoms with Gasteiger partial charge in [-0.3, -0.25) is 4.79 Å². The highest BCUT2D eigenvalue weighted by Crippen LogP contribution is 2.35. The molecule has 2 atom stereocenters. The van der Waals surface area contributed by atoms with Gasteiger partial charge < -0.3 is 4.74 Å². The Balaban J connectivity index is 2.02. The number of hydrogen-bond donors (Lipinski definition) is 0. The zero-order valence-electron chi connectivity index (χ0n) is 12.8. The summed E-state index contributed by atoms with van der Waals surface area (Å²) in [6.07, 6.45) is 2.52. The van der Waals surface area contributed by atoms with Gasteiger partial charge >= 0.3 is 6.09 Å². The van der Waals surface area contributed by atoms with Gasteiger partial charge in [0.05, 0.1) is 0 Å². The molecule has 116 valence electrons. The molecule has 0 aliphatic carbocycles. The fourth-order valence-corrected chi connectivity index (χ4v) is 2.75. The minimum absolute atomic E-state index is 0.351. The first-order valence-corrected chi connectivity index (χ1v) is 7.49. The van der Waals surface area contributed by atoms with E-state index in [9.17, 15) is 9.59 Å². The molecular weight excluding hydrogens is 290 g/mol. The molecule has 1 aliphatic heterocycles. The van der Waals surface area contributed by atoms with Gasteiger partial charge in [0.15, 0.2) is 0 Å². The van der Waals surface area contributed by atoms with E-state index in [4.69, 9.17) is 4.74 Å². The molecule has 1 aliphatic rings. The molecule has 2 aromatic rings. The van der Waals surface area contributed by atoms with Gasteiger partial charge in [-0.2, -0.15) is 0 Å². The second-order valence-electron chi connectivity index (χ2n) is 5.27. The minimum atomic E-state index is -0.615. The van der Waals surface area contributed by atoms with Crippen molar-refractivity contribution in [2.75, 3.05) is 0 Å². The lowest BCUT2D eigenvalue weighted by atomic mass is 9.99. The van der Waals surface area contributed by atoms with E-state index in [0.29, 0.717) is 5.56 Å². The van der Waals surface area contributed by atoms with Crippen LogP contribution in [0.15, 0.2) is 72.8 Å². The van der Waals surface area contributed by atoms with Gasteiger partial charge in [0.25, 0.3) is 5.91 Å². The number of benzene rings is 2. The molecule has 3 rings (SSSR count). The maximum atomic E-state index is 12.8. The first-order chi connectivity index (χ1) is 11.2. The van der Waals surface area contributed by atoms with Crippen LogP contribution in [-0.2, 0) is 4.74 Å². The van der Waals surface area contributed by atoms with Crippen molar-refractivity contribution in [3.63, 3.8) is 0 Å². The average Bonchev–Trinajstić information content (AvgIpc) is 2.92. The Kier molecular flexibility index (Phi) is 4.24. The van der Waals surface area contributed by atoms with Gasteiger partial charge in [-0.05, 0) is 30.7 Å². The Hall–Kier alpha value is -2.88. The smallest absolute Gasteiger partial charge is 0.418 e. The van der Waals surface area contributed by atoms with Gasteiger partial charge in [-0.25, -0.2) is 9.69 Å². The summed E-state index contributed by atoms with van der Waals surface area (Å²) in [5.74, 6) is -0.351. The molecule has 0 bridgehead atoms. The Morgan fingerprint density at radius 2 is 1.65 bits per heavy atom. The van der Waals surface area contributed by atoms with Crippen molar-refractivity contribution in [1.82, 2.24) is 4.90 Å². The highest BCUT2D eigenvalue weighted by molar-refractivity contribution is 6.04. The summed E-state index contributed by atoms with van der Waals surface area (Å²) >= 11 is 0. The van der Waals surface area contributed by atoms with E-state index in [1.54, 1.807) is 30.3 Å². The molecule has 0 saturated carbocycles. The van der Waals surface area contributed by atoms with E-state index in [2.05, 4.69) is 0 Å². The summed E-state index contributed by atoms with van der Waals surface area (Å²) in [5.41, 5.74) is 1.33. The second kappa shape index (κ2) is 6.48. The van der Waals surface area contributed by atoms with Crippen LogP contribution >= 0.6 is 0 Å². The quantitative estimate of drug-likeness (QED) is 0.806. The summed E-state index contributed by atoms with van der Waals surface area (Å²) in [7, 11) is 0. The lowest BCUT2D eigenvalue weighted by Gasteiger charge is -2.22. The number of carbonyl (C=O) groups excluding carboxylic acids is 2. The Morgan fingerprint density at radius 3 is 2.26 bits per heavy atom. The summed E-state index contributed by atoms with van der Waals surface area (Å²) in [5, 5.41) is 0. The van der Waals surface area contributed by atoms with Crippen LogP contribution in [0.2, 0.25) is 0 Å². The topological polar surface area (TPSA) is 46.6 Å². The van der Waals surface area contributed by atoms with Crippen LogP contribution < -0.4 is 0 Å². The zero-order chi connectivity index (χ0) is 16.2. The van der Waals surface area contributed by atoms with E-state index >= 15 is 0 Å². The molecule has 1 heterocycles. The molecule has 0 radical (unpaired) electrons. The molecule has 1 saturated heterocycles. The highest BCUT2D eigenvalue weighted by Gasteiger charge is 2.45. The first-order valence-electron chi connectivity index (χ1n) is 7.49. The molecule has 0 N–H and O–H groups in total. The number of hydrogen-bond acceptors (Lipinski definition) is 3. The number of carbonyl (C=O) groups is 2. The molecule has 0 unspecified atom stereocenters. The van der Waals surface area contributed by atoms with Crippen molar-refractivity contribution in [3.8, 4) is 0 Å². The van der Waals surface area contributed by atoms with E-state index in [-0.39, 0.29) is 5.91 Å². The third-order valence-corrected chi connectivity index (χ3v) is 3.79. The van der Waals surface area contributed by atoms with Crippen molar-refractivity contribution in [3.05, 3.63) is 83.9 Å². The lowest BCUT2D eigenvalue weighted by molar-refractivity contribution is 0.0773. The molecule has 4 heteroatoms. The SMILES string of the molecule is C/C=C/[C@H]1OC(=O)N(C(=O)c2ccccc2)[C@H]1c1ccccc1. The maximum absolute atomic E-state index is 12.8. The van der Waals surface area contributed by atoms with Crippen LogP contribution in [0.1, 0.15) is 28.9 Å².